The van der Waals surface area contributed by atoms with Crippen LogP contribution in [-0.4, -0.2) is 41.3 Å². The second-order valence-corrected chi connectivity index (χ2v) is 5.61. The van der Waals surface area contributed by atoms with Crippen LogP contribution in [0.5, 0.6) is 0 Å². The molecule has 0 bridgehead atoms. The molecule has 2 heterocycles. The molecule has 3 rings (SSSR count). The molecule has 4 nitrogen and oxygen atoms in total. The number of halogens is 1. The number of hydrogen-bond acceptors (Lipinski definition) is 3. The second kappa shape index (κ2) is 6.37. The zero-order valence-corrected chi connectivity index (χ0v) is 12.3. The lowest BCUT2D eigenvalue weighted by Gasteiger charge is -2.32. The van der Waals surface area contributed by atoms with E-state index in [4.69, 9.17) is 0 Å². The number of H-pyrrole nitrogens is 1. The van der Waals surface area contributed by atoms with E-state index in [-0.39, 0.29) is 5.82 Å². The van der Waals surface area contributed by atoms with Gasteiger partial charge < -0.3 is 5.32 Å². The molecule has 0 spiro atoms. The van der Waals surface area contributed by atoms with Gasteiger partial charge in [0.25, 0.3) is 0 Å². The second-order valence-electron chi connectivity index (χ2n) is 5.61. The Kier molecular flexibility index (Phi) is 4.31. The van der Waals surface area contributed by atoms with Gasteiger partial charge in [0.05, 0.1) is 11.9 Å². The highest BCUT2D eigenvalue weighted by Gasteiger charge is 2.20. The van der Waals surface area contributed by atoms with Crippen molar-refractivity contribution >= 4 is 0 Å². The zero-order valence-electron chi connectivity index (χ0n) is 12.3. The van der Waals surface area contributed by atoms with Gasteiger partial charge >= 0.3 is 0 Å². The number of piperidine rings is 1. The normalized spacial score (nSPS) is 19.8. The summed E-state index contributed by atoms with van der Waals surface area (Å²) < 4.78 is 14.0. The van der Waals surface area contributed by atoms with Crippen molar-refractivity contribution in [3.63, 3.8) is 0 Å². The first-order chi connectivity index (χ1) is 10.3. The molecule has 1 atom stereocenters. The van der Waals surface area contributed by atoms with Crippen LogP contribution in [0.4, 0.5) is 4.39 Å². The smallest absolute Gasteiger partial charge is 0.132 e. The van der Waals surface area contributed by atoms with Crippen molar-refractivity contribution in [2.24, 2.45) is 0 Å². The van der Waals surface area contributed by atoms with Crippen molar-refractivity contribution < 1.29 is 4.39 Å². The van der Waals surface area contributed by atoms with E-state index in [1.807, 2.05) is 19.3 Å². The third-order valence-electron chi connectivity index (χ3n) is 4.17. The van der Waals surface area contributed by atoms with Crippen LogP contribution in [0.1, 0.15) is 18.4 Å². The number of aromatic amines is 1. The summed E-state index contributed by atoms with van der Waals surface area (Å²) in [5.41, 5.74) is 2.43. The molecular formula is C16H21FN4. The van der Waals surface area contributed by atoms with Gasteiger partial charge in [-0.3, -0.25) is 10.00 Å². The van der Waals surface area contributed by atoms with E-state index in [1.165, 1.54) is 18.9 Å². The molecule has 1 aromatic carbocycles. The van der Waals surface area contributed by atoms with Crippen molar-refractivity contribution in [3.8, 4) is 11.3 Å². The lowest BCUT2D eigenvalue weighted by molar-refractivity contribution is 0.188. The number of likely N-dealkylation sites (N-methyl/N-ethyl adjacent to an activating group) is 1. The van der Waals surface area contributed by atoms with E-state index in [0.717, 1.165) is 30.9 Å². The van der Waals surface area contributed by atoms with Crippen molar-refractivity contribution in [2.75, 3.05) is 20.1 Å². The van der Waals surface area contributed by atoms with Gasteiger partial charge in [0.2, 0.25) is 0 Å². The van der Waals surface area contributed by atoms with Crippen LogP contribution in [-0.2, 0) is 6.54 Å². The summed E-state index contributed by atoms with van der Waals surface area (Å²) in [5, 5.41) is 10.4. The van der Waals surface area contributed by atoms with Crippen LogP contribution in [0.3, 0.4) is 0 Å². The Morgan fingerprint density at radius 1 is 1.43 bits per heavy atom. The average molecular weight is 288 g/mol. The number of nitrogens with one attached hydrogen (secondary N) is 2. The van der Waals surface area contributed by atoms with Gasteiger partial charge in [-0.2, -0.15) is 5.10 Å². The van der Waals surface area contributed by atoms with E-state index >= 15 is 0 Å². The third-order valence-corrected chi connectivity index (χ3v) is 4.17. The van der Waals surface area contributed by atoms with Crippen LogP contribution >= 0.6 is 0 Å². The Labute approximate surface area is 124 Å². The van der Waals surface area contributed by atoms with Gasteiger partial charge in [0.15, 0.2) is 0 Å². The first-order valence-electron chi connectivity index (χ1n) is 7.44. The Balaban J connectivity index is 1.78. The highest BCUT2D eigenvalue weighted by molar-refractivity contribution is 5.63. The molecular weight excluding hydrogens is 267 g/mol. The number of rotatable bonds is 4. The number of nitrogens with zero attached hydrogens (tertiary/aromatic N) is 2. The lowest BCUT2D eigenvalue weighted by atomic mass is 10.0. The van der Waals surface area contributed by atoms with Crippen LogP contribution in [0, 0.1) is 5.82 Å². The first kappa shape index (κ1) is 14.2. The maximum absolute atomic E-state index is 14.0. The fraction of sp³-hybridized carbons (Fsp3) is 0.438. The summed E-state index contributed by atoms with van der Waals surface area (Å²) in [6, 6.07) is 7.37. The van der Waals surface area contributed by atoms with Crippen molar-refractivity contribution in [2.45, 2.75) is 25.4 Å². The summed E-state index contributed by atoms with van der Waals surface area (Å²) in [5.74, 6) is -0.213. The largest absolute Gasteiger partial charge is 0.316 e. The highest BCUT2D eigenvalue weighted by atomic mass is 19.1. The maximum atomic E-state index is 14.0. The minimum absolute atomic E-state index is 0.213. The van der Waals surface area contributed by atoms with Gasteiger partial charge in [-0.05, 0) is 38.6 Å². The molecule has 2 N–H and O–H groups in total. The Hall–Kier alpha value is -1.72. The third kappa shape index (κ3) is 3.14. The number of hydrogen-bond donors (Lipinski definition) is 2. The number of likely N-dealkylation sites (tertiary alicyclic amines) is 1. The molecule has 1 saturated heterocycles. The number of benzene rings is 1. The molecule has 0 aliphatic carbocycles. The van der Waals surface area contributed by atoms with E-state index < -0.39 is 0 Å². The van der Waals surface area contributed by atoms with Crippen LogP contribution in [0.2, 0.25) is 0 Å². The molecule has 0 amide bonds. The standard InChI is InChI=1S/C16H21FN4/c1-18-13-5-4-8-21(11-13)10-12-9-19-20-16(12)14-6-2-3-7-15(14)17/h2-3,6-7,9,13,18H,4-5,8,10-11H2,1H3,(H,19,20). The fourth-order valence-corrected chi connectivity index (χ4v) is 3.00. The summed E-state index contributed by atoms with van der Waals surface area (Å²) in [7, 11) is 2.01. The van der Waals surface area contributed by atoms with Gasteiger partial charge in [-0.15, -0.1) is 0 Å². The molecule has 0 saturated carbocycles. The van der Waals surface area contributed by atoms with E-state index in [0.29, 0.717) is 11.6 Å². The Morgan fingerprint density at radius 3 is 3.10 bits per heavy atom. The number of aromatic nitrogens is 2. The SMILES string of the molecule is CNC1CCCN(Cc2cn[nH]c2-c2ccccc2F)C1. The molecule has 1 unspecified atom stereocenters. The summed E-state index contributed by atoms with van der Waals surface area (Å²) in [6.45, 7) is 2.91. The van der Waals surface area contributed by atoms with E-state index in [2.05, 4.69) is 20.4 Å². The molecule has 21 heavy (non-hydrogen) atoms. The zero-order chi connectivity index (χ0) is 14.7. The Morgan fingerprint density at radius 2 is 2.29 bits per heavy atom. The summed E-state index contributed by atoms with van der Waals surface area (Å²) >= 11 is 0. The lowest BCUT2D eigenvalue weighted by Crippen LogP contribution is -2.43. The highest BCUT2D eigenvalue weighted by Crippen LogP contribution is 2.25. The monoisotopic (exact) mass is 288 g/mol. The molecule has 112 valence electrons. The molecule has 5 heteroatoms. The molecule has 1 aromatic heterocycles. The fourth-order valence-electron chi connectivity index (χ4n) is 3.00. The molecule has 1 aliphatic heterocycles. The molecule has 1 fully saturated rings. The van der Waals surface area contributed by atoms with Crippen molar-refractivity contribution in [1.82, 2.24) is 20.4 Å². The van der Waals surface area contributed by atoms with E-state index in [9.17, 15) is 4.39 Å². The topological polar surface area (TPSA) is 44.0 Å². The van der Waals surface area contributed by atoms with Crippen molar-refractivity contribution in [3.05, 3.63) is 41.8 Å². The van der Waals surface area contributed by atoms with E-state index in [1.54, 1.807) is 12.1 Å². The minimum atomic E-state index is -0.213. The van der Waals surface area contributed by atoms with Crippen LogP contribution in [0.15, 0.2) is 30.5 Å². The molecule has 2 aromatic rings. The van der Waals surface area contributed by atoms with Gasteiger partial charge in [-0.25, -0.2) is 4.39 Å². The summed E-state index contributed by atoms with van der Waals surface area (Å²) in [4.78, 5) is 2.40. The molecule has 1 aliphatic rings. The van der Waals surface area contributed by atoms with Gasteiger partial charge in [0.1, 0.15) is 5.82 Å². The summed E-state index contributed by atoms with van der Waals surface area (Å²) in [6.07, 6.45) is 4.22. The van der Waals surface area contributed by atoms with Gasteiger partial charge in [-0.1, -0.05) is 12.1 Å². The first-order valence-corrected chi connectivity index (χ1v) is 7.44. The van der Waals surface area contributed by atoms with Crippen LogP contribution in [0.25, 0.3) is 11.3 Å². The predicted molar refractivity (Wildman–Crippen MR) is 81.3 cm³/mol. The maximum Gasteiger partial charge on any atom is 0.132 e. The predicted octanol–water partition coefficient (Wildman–Crippen LogP) is 2.40. The minimum Gasteiger partial charge on any atom is -0.316 e. The van der Waals surface area contributed by atoms with Crippen LogP contribution < -0.4 is 5.32 Å². The van der Waals surface area contributed by atoms with Crippen molar-refractivity contribution in [1.29, 1.82) is 0 Å². The quantitative estimate of drug-likeness (QED) is 0.908. The molecule has 0 radical (unpaired) electrons. The van der Waals surface area contributed by atoms with Gasteiger partial charge in [0, 0.05) is 30.3 Å². The Bertz CT molecular complexity index is 595. The average Bonchev–Trinajstić information content (AvgIpc) is 2.96.